The Morgan fingerprint density at radius 1 is 1.35 bits per heavy atom. The lowest BCUT2D eigenvalue weighted by Crippen LogP contribution is -2.25. The number of rotatable bonds is 7. The van der Waals surface area contributed by atoms with Gasteiger partial charge in [0.05, 0.1) is 10.2 Å². The number of aromatic nitrogens is 2. The van der Waals surface area contributed by atoms with Crippen LogP contribution in [0.15, 0.2) is 28.7 Å². The molecule has 0 saturated carbocycles. The van der Waals surface area contributed by atoms with Crippen LogP contribution in [0.3, 0.4) is 0 Å². The van der Waals surface area contributed by atoms with Crippen LogP contribution in [0.5, 0.6) is 5.75 Å². The molecule has 0 radical (unpaired) electrons. The number of carbonyl (C=O) groups excluding carboxylic acids is 1. The van der Waals surface area contributed by atoms with Crippen LogP contribution in [0, 0.1) is 13.8 Å². The van der Waals surface area contributed by atoms with Crippen LogP contribution in [-0.4, -0.2) is 35.0 Å². The molecule has 2 rings (SSSR count). The molecule has 1 aromatic heterocycles. The highest BCUT2D eigenvalue weighted by atomic mass is 79.9. The molecular weight excluding hydrogens is 415 g/mol. The summed E-state index contributed by atoms with van der Waals surface area (Å²) < 4.78 is 44.0. The molecule has 0 aliphatic rings. The first-order valence-electron chi connectivity index (χ1n) is 7.94. The van der Waals surface area contributed by atoms with Crippen molar-refractivity contribution in [2.45, 2.75) is 33.0 Å². The van der Waals surface area contributed by atoms with Crippen LogP contribution in [0.25, 0.3) is 0 Å². The summed E-state index contributed by atoms with van der Waals surface area (Å²) in [6, 6.07) is 5.67. The maximum Gasteiger partial charge on any atom is 0.422 e. The Hall–Kier alpha value is -2.03. The van der Waals surface area contributed by atoms with Crippen molar-refractivity contribution in [1.82, 2.24) is 15.1 Å². The highest BCUT2D eigenvalue weighted by molar-refractivity contribution is 9.10. The molecule has 142 valence electrons. The third-order valence-electron chi connectivity index (χ3n) is 3.62. The largest absolute Gasteiger partial charge is 0.484 e. The number of amides is 1. The van der Waals surface area contributed by atoms with Crippen molar-refractivity contribution in [2.24, 2.45) is 0 Å². The Labute approximate surface area is 157 Å². The minimum Gasteiger partial charge on any atom is -0.484 e. The lowest BCUT2D eigenvalue weighted by Gasteiger charge is -2.10. The van der Waals surface area contributed by atoms with Crippen molar-refractivity contribution in [3.8, 4) is 5.75 Å². The summed E-state index contributed by atoms with van der Waals surface area (Å²) in [7, 11) is 0. The van der Waals surface area contributed by atoms with E-state index in [2.05, 4.69) is 31.1 Å². The third-order valence-corrected chi connectivity index (χ3v) is 4.77. The third kappa shape index (κ3) is 5.76. The Kier molecular flexibility index (Phi) is 6.69. The second-order valence-electron chi connectivity index (χ2n) is 5.75. The second-order valence-corrected chi connectivity index (χ2v) is 6.54. The molecule has 26 heavy (non-hydrogen) atoms. The molecule has 0 aliphatic heterocycles. The van der Waals surface area contributed by atoms with Gasteiger partial charge in [-0.25, -0.2) is 0 Å². The van der Waals surface area contributed by atoms with Gasteiger partial charge in [0.15, 0.2) is 6.61 Å². The number of hydrogen-bond acceptors (Lipinski definition) is 3. The van der Waals surface area contributed by atoms with Crippen LogP contribution < -0.4 is 10.1 Å². The number of aryl methyl sites for hydroxylation is 2. The maximum absolute atomic E-state index is 12.2. The number of hydrogen-bond donors (Lipinski definition) is 1. The summed E-state index contributed by atoms with van der Waals surface area (Å²) >= 11 is 3.46. The van der Waals surface area contributed by atoms with Crippen LogP contribution >= 0.6 is 15.9 Å². The standard InChI is InChI=1S/C17H19BrF3N3O2/c1-11-15(18)12(2)24(23-11)8-4-7-22-16(25)13-5-3-6-14(9-13)26-10-17(19,20)21/h3,5-6,9H,4,7-8,10H2,1-2H3,(H,22,25). The van der Waals surface area contributed by atoms with Crippen LogP contribution in [0.4, 0.5) is 13.2 Å². The number of ether oxygens (including phenoxy) is 1. The quantitative estimate of drug-likeness (QED) is 0.670. The summed E-state index contributed by atoms with van der Waals surface area (Å²) in [6.07, 6.45) is -3.75. The summed E-state index contributed by atoms with van der Waals surface area (Å²) in [6.45, 7) is 3.53. The predicted molar refractivity (Wildman–Crippen MR) is 94.3 cm³/mol. The van der Waals surface area contributed by atoms with E-state index >= 15 is 0 Å². The number of nitrogens with zero attached hydrogens (tertiary/aromatic N) is 2. The molecule has 1 N–H and O–H groups in total. The number of nitrogens with one attached hydrogen (secondary N) is 1. The van der Waals surface area contributed by atoms with Gasteiger partial charge in [-0.1, -0.05) is 6.07 Å². The van der Waals surface area contributed by atoms with Crippen LogP contribution in [0.2, 0.25) is 0 Å². The highest BCUT2D eigenvalue weighted by Crippen LogP contribution is 2.20. The van der Waals surface area contributed by atoms with Crippen LogP contribution in [0.1, 0.15) is 28.2 Å². The maximum atomic E-state index is 12.2. The molecule has 5 nitrogen and oxygen atoms in total. The Balaban J connectivity index is 1.83. The van der Waals surface area contributed by atoms with Crippen molar-refractivity contribution in [3.05, 3.63) is 45.7 Å². The fraction of sp³-hybridized carbons (Fsp3) is 0.412. The van der Waals surface area contributed by atoms with E-state index < -0.39 is 12.8 Å². The monoisotopic (exact) mass is 433 g/mol. The van der Waals surface area contributed by atoms with Gasteiger partial charge in [-0.15, -0.1) is 0 Å². The van der Waals surface area contributed by atoms with E-state index in [9.17, 15) is 18.0 Å². The van der Waals surface area contributed by atoms with Gasteiger partial charge in [0.2, 0.25) is 0 Å². The summed E-state index contributed by atoms with van der Waals surface area (Å²) in [5.74, 6) is -0.362. The summed E-state index contributed by atoms with van der Waals surface area (Å²) in [4.78, 5) is 12.1. The van der Waals surface area contributed by atoms with Crippen molar-refractivity contribution in [2.75, 3.05) is 13.2 Å². The molecule has 1 amide bonds. The van der Waals surface area contributed by atoms with Gasteiger partial charge < -0.3 is 10.1 Å². The predicted octanol–water partition coefficient (Wildman–Crippen LogP) is 4.02. The highest BCUT2D eigenvalue weighted by Gasteiger charge is 2.28. The van der Waals surface area contributed by atoms with E-state index in [0.29, 0.717) is 19.5 Å². The topological polar surface area (TPSA) is 56.2 Å². The number of carbonyl (C=O) groups is 1. The lowest BCUT2D eigenvalue weighted by molar-refractivity contribution is -0.153. The van der Waals surface area contributed by atoms with Gasteiger partial charge in [0.25, 0.3) is 5.91 Å². The number of halogens is 4. The number of alkyl halides is 3. The van der Waals surface area contributed by atoms with Gasteiger partial charge in [0, 0.05) is 24.3 Å². The molecule has 0 aliphatic carbocycles. The van der Waals surface area contributed by atoms with Crippen LogP contribution in [-0.2, 0) is 6.54 Å². The molecule has 9 heteroatoms. The number of benzene rings is 1. The minimum atomic E-state index is -4.42. The molecule has 0 saturated heterocycles. The van der Waals surface area contributed by atoms with Gasteiger partial charge in [0.1, 0.15) is 5.75 Å². The Morgan fingerprint density at radius 3 is 2.69 bits per heavy atom. The summed E-state index contributed by atoms with van der Waals surface area (Å²) in [5.41, 5.74) is 2.17. The van der Waals surface area contributed by atoms with Gasteiger partial charge in [-0.05, 0) is 54.4 Å². The van der Waals surface area contributed by atoms with E-state index in [0.717, 1.165) is 15.9 Å². The molecule has 1 aromatic carbocycles. The first-order chi connectivity index (χ1) is 12.2. The molecule has 0 fully saturated rings. The smallest absolute Gasteiger partial charge is 0.422 e. The van der Waals surface area contributed by atoms with E-state index in [1.807, 2.05) is 18.5 Å². The fourth-order valence-corrected chi connectivity index (χ4v) is 2.60. The first-order valence-corrected chi connectivity index (χ1v) is 8.74. The van der Waals surface area contributed by atoms with Crippen molar-refractivity contribution < 1.29 is 22.7 Å². The van der Waals surface area contributed by atoms with Gasteiger partial charge in [-0.2, -0.15) is 18.3 Å². The van der Waals surface area contributed by atoms with Crippen molar-refractivity contribution in [1.29, 1.82) is 0 Å². The zero-order chi connectivity index (χ0) is 19.3. The van der Waals surface area contributed by atoms with E-state index in [4.69, 9.17) is 0 Å². The zero-order valence-electron chi connectivity index (χ0n) is 14.4. The van der Waals surface area contributed by atoms with E-state index in [1.54, 1.807) is 0 Å². The van der Waals surface area contributed by atoms with Crippen molar-refractivity contribution >= 4 is 21.8 Å². The summed E-state index contributed by atoms with van der Waals surface area (Å²) in [5, 5.41) is 7.13. The molecule has 1 heterocycles. The zero-order valence-corrected chi connectivity index (χ0v) is 15.9. The second kappa shape index (κ2) is 8.57. The first kappa shape index (κ1) is 20.3. The molecule has 0 spiro atoms. The average Bonchev–Trinajstić information content (AvgIpc) is 2.83. The van der Waals surface area contributed by atoms with E-state index in [1.165, 1.54) is 24.3 Å². The molecule has 0 unspecified atom stereocenters. The molecular formula is C17H19BrF3N3O2. The Bertz CT molecular complexity index is 775. The van der Waals surface area contributed by atoms with E-state index in [-0.39, 0.29) is 17.2 Å². The molecule has 0 bridgehead atoms. The lowest BCUT2D eigenvalue weighted by atomic mass is 10.2. The van der Waals surface area contributed by atoms with Gasteiger partial charge in [-0.3, -0.25) is 9.48 Å². The SMILES string of the molecule is Cc1nn(CCCNC(=O)c2cccc(OCC(F)(F)F)c2)c(C)c1Br. The average molecular weight is 434 g/mol. The van der Waals surface area contributed by atoms with Gasteiger partial charge >= 0.3 is 6.18 Å². The molecule has 0 atom stereocenters. The normalized spacial score (nSPS) is 11.5. The Morgan fingerprint density at radius 2 is 2.08 bits per heavy atom. The fourth-order valence-electron chi connectivity index (χ4n) is 2.32. The van der Waals surface area contributed by atoms with Crippen molar-refractivity contribution in [3.63, 3.8) is 0 Å². The molecule has 2 aromatic rings. The minimum absolute atomic E-state index is 0.00228.